The van der Waals surface area contributed by atoms with Gasteiger partial charge in [-0.3, -0.25) is 10.1 Å². The molecule has 0 saturated carbocycles. The number of nitrogens with zero attached hydrogens (tertiary/aromatic N) is 1. The van der Waals surface area contributed by atoms with Crippen molar-refractivity contribution in [2.24, 2.45) is 0 Å². The van der Waals surface area contributed by atoms with E-state index in [9.17, 15) is 10.1 Å². The Kier molecular flexibility index (Phi) is 5.86. The molecule has 1 aromatic heterocycles. The predicted molar refractivity (Wildman–Crippen MR) is 72.4 cm³/mol. The van der Waals surface area contributed by atoms with Crippen molar-refractivity contribution in [1.29, 1.82) is 0 Å². The van der Waals surface area contributed by atoms with Crippen LogP contribution in [0.25, 0.3) is 6.08 Å². The molecule has 1 aromatic rings. The maximum Gasteiger partial charge on any atom is 0.324 e. The molecule has 5 heteroatoms. The fraction of sp³-hybridized carbons (Fsp3) is 0.500. The Morgan fingerprint density at radius 3 is 2.88 bits per heavy atom. The average Bonchev–Trinajstić information content (AvgIpc) is 2.76. The average molecular weight is 254 g/mol. The molecule has 0 bridgehead atoms. The maximum absolute atomic E-state index is 10.6. The molecule has 0 unspecified atom stereocenters. The molecular formula is C12H18N2O2S. The van der Waals surface area contributed by atoms with Crippen molar-refractivity contribution < 1.29 is 4.92 Å². The summed E-state index contributed by atoms with van der Waals surface area (Å²) in [6.45, 7) is 6.08. The first-order valence-corrected chi connectivity index (χ1v) is 6.68. The largest absolute Gasteiger partial charge is 0.324 e. The number of rotatable bonds is 7. The second kappa shape index (κ2) is 7.19. The van der Waals surface area contributed by atoms with E-state index in [0.29, 0.717) is 0 Å². The van der Waals surface area contributed by atoms with Crippen LogP contribution in [0.2, 0.25) is 0 Å². The minimum Gasteiger partial charge on any atom is -0.313 e. The monoisotopic (exact) mass is 254 g/mol. The van der Waals surface area contributed by atoms with Crippen molar-refractivity contribution >= 4 is 22.4 Å². The van der Waals surface area contributed by atoms with Gasteiger partial charge in [0.2, 0.25) is 0 Å². The molecule has 0 aliphatic rings. The maximum atomic E-state index is 10.6. The molecule has 1 rings (SSSR count). The van der Waals surface area contributed by atoms with Gasteiger partial charge in [-0.1, -0.05) is 36.8 Å². The van der Waals surface area contributed by atoms with E-state index >= 15 is 0 Å². The van der Waals surface area contributed by atoms with Crippen LogP contribution in [-0.4, -0.2) is 18.0 Å². The van der Waals surface area contributed by atoms with Crippen LogP contribution in [-0.2, 0) is 0 Å². The second-order valence-electron chi connectivity index (χ2n) is 3.81. The van der Waals surface area contributed by atoms with E-state index in [4.69, 9.17) is 0 Å². The highest BCUT2D eigenvalue weighted by atomic mass is 32.1. The van der Waals surface area contributed by atoms with Gasteiger partial charge >= 0.3 is 5.00 Å². The van der Waals surface area contributed by atoms with Gasteiger partial charge in [-0.15, -0.1) is 0 Å². The number of nitro groups is 1. The van der Waals surface area contributed by atoms with Gasteiger partial charge in [-0.2, -0.15) is 0 Å². The van der Waals surface area contributed by atoms with Crippen LogP contribution >= 0.6 is 11.3 Å². The zero-order valence-electron chi connectivity index (χ0n) is 10.2. The van der Waals surface area contributed by atoms with Gasteiger partial charge in [0.25, 0.3) is 0 Å². The zero-order valence-corrected chi connectivity index (χ0v) is 11.0. The number of thiophene rings is 1. The first-order valence-electron chi connectivity index (χ1n) is 5.80. The quantitative estimate of drug-likeness (QED) is 0.460. The third-order valence-corrected chi connectivity index (χ3v) is 3.29. The second-order valence-corrected chi connectivity index (χ2v) is 4.70. The first-order chi connectivity index (χ1) is 8.17. The molecular weight excluding hydrogens is 236 g/mol. The van der Waals surface area contributed by atoms with Crippen LogP contribution in [0, 0.1) is 10.1 Å². The van der Waals surface area contributed by atoms with E-state index in [0.717, 1.165) is 31.5 Å². The van der Waals surface area contributed by atoms with Crippen LogP contribution < -0.4 is 5.32 Å². The molecule has 1 N–H and O–H groups in total. The molecule has 1 heterocycles. The molecule has 0 amide bonds. The molecule has 0 atom stereocenters. The Labute approximate surface area is 106 Å². The van der Waals surface area contributed by atoms with E-state index in [1.165, 1.54) is 16.9 Å². The topological polar surface area (TPSA) is 55.2 Å². The standard InChI is InChI=1S/C12H18N2O2S/c1-3-5-13-8-10(4-2)6-11-7-12(14(15)16)17-9-11/h6-7,9,13H,3-5,8H2,1-2H3. The minimum atomic E-state index is -0.344. The number of nitrogens with one attached hydrogen (secondary N) is 1. The highest BCUT2D eigenvalue weighted by Gasteiger charge is 2.08. The fourth-order valence-electron chi connectivity index (χ4n) is 1.45. The van der Waals surface area contributed by atoms with Crippen LogP contribution in [0.5, 0.6) is 0 Å². The Morgan fingerprint density at radius 1 is 1.59 bits per heavy atom. The molecule has 0 aromatic carbocycles. The summed E-state index contributed by atoms with van der Waals surface area (Å²) in [5.74, 6) is 0. The van der Waals surface area contributed by atoms with Crippen LogP contribution in [0.1, 0.15) is 32.3 Å². The summed E-state index contributed by atoms with van der Waals surface area (Å²) in [6.07, 6.45) is 4.10. The predicted octanol–water partition coefficient (Wildman–Crippen LogP) is 3.45. The van der Waals surface area contributed by atoms with Crippen molar-refractivity contribution in [3.63, 3.8) is 0 Å². The first kappa shape index (κ1) is 13.9. The van der Waals surface area contributed by atoms with E-state index in [2.05, 4.69) is 19.2 Å². The summed E-state index contributed by atoms with van der Waals surface area (Å²) in [6, 6.07) is 1.63. The summed E-state index contributed by atoms with van der Waals surface area (Å²) < 4.78 is 0. The Bertz CT molecular complexity index is 399. The number of hydrogen-bond acceptors (Lipinski definition) is 4. The summed E-state index contributed by atoms with van der Waals surface area (Å²) >= 11 is 1.17. The van der Waals surface area contributed by atoms with Crippen LogP contribution in [0.3, 0.4) is 0 Å². The summed E-state index contributed by atoms with van der Waals surface area (Å²) in [5, 5.41) is 15.9. The van der Waals surface area contributed by atoms with Gasteiger partial charge < -0.3 is 5.32 Å². The molecule has 94 valence electrons. The fourth-order valence-corrected chi connectivity index (χ4v) is 2.13. The van der Waals surface area contributed by atoms with E-state index in [1.807, 2.05) is 11.5 Å². The van der Waals surface area contributed by atoms with Gasteiger partial charge in [-0.05, 0) is 24.9 Å². The lowest BCUT2D eigenvalue weighted by Crippen LogP contribution is -2.17. The van der Waals surface area contributed by atoms with Gasteiger partial charge in [0.1, 0.15) is 0 Å². The third kappa shape index (κ3) is 4.66. The van der Waals surface area contributed by atoms with Gasteiger partial charge in [0.15, 0.2) is 0 Å². The van der Waals surface area contributed by atoms with Crippen LogP contribution in [0.15, 0.2) is 17.0 Å². The summed E-state index contributed by atoms with van der Waals surface area (Å²) in [4.78, 5) is 10.2. The molecule has 0 fully saturated rings. The lowest BCUT2D eigenvalue weighted by molar-refractivity contribution is -0.380. The lowest BCUT2D eigenvalue weighted by Gasteiger charge is -2.05. The highest BCUT2D eigenvalue weighted by molar-refractivity contribution is 7.13. The lowest BCUT2D eigenvalue weighted by atomic mass is 10.1. The van der Waals surface area contributed by atoms with E-state index in [-0.39, 0.29) is 9.92 Å². The van der Waals surface area contributed by atoms with Gasteiger partial charge in [0, 0.05) is 18.0 Å². The summed E-state index contributed by atoms with van der Waals surface area (Å²) in [5.41, 5.74) is 2.20. The zero-order chi connectivity index (χ0) is 12.7. The molecule has 0 radical (unpaired) electrons. The molecule has 0 spiro atoms. The molecule has 0 aliphatic carbocycles. The molecule has 4 nitrogen and oxygen atoms in total. The van der Waals surface area contributed by atoms with Gasteiger partial charge in [0.05, 0.1) is 4.92 Å². The number of hydrogen-bond donors (Lipinski definition) is 1. The van der Waals surface area contributed by atoms with Gasteiger partial charge in [-0.25, -0.2) is 0 Å². The van der Waals surface area contributed by atoms with E-state index < -0.39 is 0 Å². The summed E-state index contributed by atoms with van der Waals surface area (Å²) in [7, 11) is 0. The smallest absolute Gasteiger partial charge is 0.313 e. The van der Waals surface area contributed by atoms with Crippen molar-refractivity contribution in [3.05, 3.63) is 32.7 Å². The highest BCUT2D eigenvalue weighted by Crippen LogP contribution is 2.24. The molecule has 17 heavy (non-hydrogen) atoms. The molecule has 0 aliphatic heterocycles. The van der Waals surface area contributed by atoms with Crippen LogP contribution in [0.4, 0.5) is 5.00 Å². The molecule has 0 saturated heterocycles. The Morgan fingerprint density at radius 2 is 2.35 bits per heavy atom. The Hall–Kier alpha value is -1.20. The minimum absolute atomic E-state index is 0.202. The SMILES string of the molecule is CCCNCC(=Cc1csc([N+](=O)[O-])c1)CC. The van der Waals surface area contributed by atoms with Crippen molar-refractivity contribution in [2.45, 2.75) is 26.7 Å². The normalized spacial score (nSPS) is 11.8. The van der Waals surface area contributed by atoms with Crippen molar-refractivity contribution in [1.82, 2.24) is 5.32 Å². The Balaban J connectivity index is 2.65. The van der Waals surface area contributed by atoms with Crippen molar-refractivity contribution in [3.8, 4) is 0 Å². The third-order valence-electron chi connectivity index (χ3n) is 2.39. The van der Waals surface area contributed by atoms with Crippen molar-refractivity contribution in [2.75, 3.05) is 13.1 Å². The van der Waals surface area contributed by atoms with E-state index in [1.54, 1.807) is 6.07 Å².